The Morgan fingerprint density at radius 3 is 2.93 bits per heavy atom. The maximum Gasteiger partial charge on any atom is 0.277 e. The van der Waals surface area contributed by atoms with Gasteiger partial charge in [0.2, 0.25) is 5.89 Å². The van der Waals surface area contributed by atoms with Gasteiger partial charge in [0.1, 0.15) is 19.2 Å². The Hall–Kier alpha value is -2.72. The van der Waals surface area contributed by atoms with Gasteiger partial charge in [-0.15, -0.1) is 21.5 Å². The van der Waals surface area contributed by atoms with Crippen molar-refractivity contribution in [3.05, 3.63) is 64.0 Å². The summed E-state index contributed by atoms with van der Waals surface area (Å²) in [5.41, 5.74) is 2.80. The highest BCUT2D eigenvalue weighted by atomic mass is 32.2. The zero-order valence-electron chi connectivity index (χ0n) is 15.4. The van der Waals surface area contributed by atoms with Crippen molar-refractivity contribution in [3.8, 4) is 0 Å². The van der Waals surface area contributed by atoms with Crippen molar-refractivity contribution in [1.29, 1.82) is 0 Å². The monoisotopic (exact) mass is 414 g/mol. The lowest BCUT2D eigenvalue weighted by atomic mass is 10.2. The van der Waals surface area contributed by atoms with Crippen LogP contribution < -0.4 is 0 Å². The van der Waals surface area contributed by atoms with E-state index in [1.54, 1.807) is 22.3 Å². The van der Waals surface area contributed by atoms with Gasteiger partial charge in [-0.05, 0) is 31.4 Å². The van der Waals surface area contributed by atoms with Gasteiger partial charge in [0, 0.05) is 21.8 Å². The zero-order valence-corrected chi connectivity index (χ0v) is 17.0. The fourth-order valence-corrected chi connectivity index (χ4v) is 4.26. The summed E-state index contributed by atoms with van der Waals surface area (Å²) < 4.78 is 9.33. The molecule has 0 radical (unpaired) electrons. The van der Waals surface area contributed by atoms with Crippen LogP contribution in [0.15, 0.2) is 45.9 Å². The number of carbonyl (C=O) groups excluding carboxylic acids is 1. The van der Waals surface area contributed by atoms with Crippen LogP contribution in [0.2, 0.25) is 0 Å². The fourth-order valence-electron chi connectivity index (χ4n) is 2.90. The van der Waals surface area contributed by atoms with Crippen molar-refractivity contribution in [2.24, 2.45) is 0 Å². The van der Waals surface area contributed by atoms with Crippen LogP contribution in [0.25, 0.3) is 0 Å². The summed E-state index contributed by atoms with van der Waals surface area (Å²) in [7, 11) is 0. The van der Waals surface area contributed by atoms with Gasteiger partial charge >= 0.3 is 0 Å². The normalized spacial score (nSPS) is 11.2. The third-order valence-electron chi connectivity index (χ3n) is 4.31. The molecule has 0 amide bonds. The Balaban J connectivity index is 1.39. The number of aryl methyl sites for hydroxylation is 1. The van der Waals surface area contributed by atoms with E-state index in [1.165, 1.54) is 23.0 Å². The molecular weight excluding hydrogens is 396 g/mol. The second-order valence-corrected chi connectivity index (χ2v) is 8.18. The summed E-state index contributed by atoms with van der Waals surface area (Å²) in [5, 5.41) is 14.4. The molecule has 144 valence electrons. The minimum Gasteiger partial charge on any atom is -0.414 e. The molecule has 8 nitrogen and oxygen atoms in total. The first-order valence-corrected chi connectivity index (χ1v) is 10.5. The van der Waals surface area contributed by atoms with E-state index >= 15 is 0 Å². The van der Waals surface area contributed by atoms with E-state index in [0.717, 1.165) is 23.5 Å². The van der Waals surface area contributed by atoms with Gasteiger partial charge in [-0.1, -0.05) is 17.8 Å². The van der Waals surface area contributed by atoms with E-state index in [2.05, 4.69) is 36.3 Å². The number of thioether (sulfide) groups is 1. The average molecular weight is 415 g/mol. The molecule has 28 heavy (non-hydrogen) atoms. The minimum absolute atomic E-state index is 0.0477. The van der Waals surface area contributed by atoms with E-state index < -0.39 is 0 Å². The first-order chi connectivity index (χ1) is 13.6. The Morgan fingerprint density at radius 2 is 2.18 bits per heavy atom. The molecule has 4 aromatic rings. The van der Waals surface area contributed by atoms with Crippen LogP contribution in [0, 0.1) is 13.8 Å². The van der Waals surface area contributed by atoms with Gasteiger partial charge in [-0.2, -0.15) is 5.10 Å². The van der Waals surface area contributed by atoms with Gasteiger partial charge in [-0.25, -0.2) is 9.67 Å². The van der Waals surface area contributed by atoms with Gasteiger partial charge < -0.3 is 8.98 Å². The van der Waals surface area contributed by atoms with Crippen LogP contribution in [0.5, 0.6) is 0 Å². The summed E-state index contributed by atoms with van der Waals surface area (Å²) in [6.07, 6.45) is 3.02. The highest BCUT2D eigenvalue weighted by Crippen LogP contribution is 2.23. The van der Waals surface area contributed by atoms with Crippen LogP contribution in [-0.4, -0.2) is 41.1 Å². The lowest BCUT2D eigenvalue weighted by Gasteiger charge is -2.08. The number of hydrogen-bond donors (Lipinski definition) is 0. The Bertz CT molecular complexity index is 1070. The van der Waals surface area contributed by atoms with E-state index in [-0.39, 0.29) is 11.5 Å². The van der Waals surface area contributed by atoms with E-state index in [0.29, 0.717) is 17.7 Å². The maximum absolute atomic E-state index is 12.7. The second-order valence-electron chi connectivity index (χ2n) is 6.22. The van der Waals surface area contributed by atoms with E-state index in [1.807, 2.05) is 26.0 Å². The molecule has 0 aliphatic heterocycles. The number of aromatic nitrogens is 6. The number of carbonyl (C=O) groups is 1. The number of hydrogen-bond acceptors (Lipinski definition) is 8. The third kappa shape index (κ3) is 4.07. The molecule has 4 aromatic heterocycles. The van der Waals surface area contributed by atoms with Crippen LogP contribution in [0.1, 0.15) is 32.5 Å². The first kappa shape index (κ1) is 18.6. The molecule has 0 aliphatic rings. The SMILES string of the molecule is Cc1cc(C(=O)CSc2nnc(Cn3cncn3)o2)c(C)n1Cc1cccs1. The summed E-state index contributed by atoms with van der Waals surface area (Å²) >= 11 is 2.96. The molecule has 0 spiro atoms. The van der Waals surface area contributed by atoms with Crippen LogP contribution >= 0.6 is 23.1 Å². The largest absolute Gasteiger partial charge is 0.414 e. The third-order valence-corrected chi connectivity index (χ3v) is 5.99. The molecule has 4 rings (SSSR count). The quantitative estimate of drug-likeness (QED) is 0.323. The van der Waals surface area contributed by atoms with E-state index in [4.69, 9.17) is 4.42 Å². The van der Waals surface area contributed by atoms with E-state index in [9.17, 15) is 4.79 Å². The highest BCUT2D eigenvalue weighted by Gasteiger charge is 2.18. The van der Waals surface area contributed by atoms with Crippen molar-refractivity contribution in [3.63, 3.8) is 0 Å². The number of Topliss-reactive ketones (excluding diaryl/α,β-unsaturated/α-hetero) is 1. The highest BCUT2D eigenvalue weighted by molar-refractivity contribution is 7.99. The van der Waals surface area contributed by atoms with Crippen molar-refractivity contribution in [1.82, 2.24) is 29.5 Å². The van der Waals surface area contributed by atoms with Crippen molar-refractivity contribution in [2.75, 3.05) is 5.75 Å². The Labute approximate surface area is 169 Å². The molecule has 0 N–H and O–H groups in total. The summed E-state index contributed by atoms with van der Waals surface area (Å²) in [6.45, 7) is 5.15. The van der Waals surface area contributed by atoms with Crippen LogP contribution in [0.3, 0.4) is 0 Å². The molecule has 4 heterocycles. The van der Waals surface area contributed by atoms with Gasteiger partial charge in [0.25, 0.3) is 5.22 Å². The summed E-state index contributed by atoms with van der Waals surface area (Å²) in [4.78, 5) is 17.9. The molecule has 0 saturated heterocycles. The molecule has 0 bridgehead atoms. The van der Waals surface area contributed by atoms with Crippen molar-refractivity contribution in [2.45, 2.75) is 32.2 Å². The summed E-state index contributed by atoms with van der Waals surface area (Å²) in [5.74, 6) is 0.718. The predicted octanol–water partition coefficient (Wildman–Crippen LogP) is 3.21. The Kier molecular flexibility index (Phi) is 5.40. The molecule has 0 atom stereocenters. The molecule has 0 fully saturated rings. The first-order valence-electron chi connectivity index (χ1n) is 8.60. The zero-order chi connectivity index (χ0) is 19.5. The molecule has 0 saturated carbocycles. The minimum atomic E-state index is 0.0477. The van der Waals surface area contributed by atoms with Gasteiger partial charge in [-0.3, -0.25) is 4.79 Å². The van der Waals surface area contributed by atoms with Crippen molar-refractivity contribution < 1.29 is 9.21 Å². The topological polar surface area (TPSA) is 91.6 Å². The molecule has 0 aromatic carbocycles. The standard InChI is InChI=1S/C18H18N6O2S2/c1-12-6-15(13(2)24(12)7-14-4-3-5-27-14)16(25)9-28-18-22-21-17(26-18)8-23-11-19-10-20-23/h3-6,10-11H,7-9H2,1-2H3. The second kappa shape index (κ2) is 8.11. The van der Waals surface area contributed by atoms with Crippen LogP contribution in [0.4, 0.5) is 0 Å². The van der Waals surface area contributed by atoms with Gasteiger partial charge in [0.05, 0.1) is 12.3 Å². The molecule has 0 unspecified atom stereocenters. The number of nitrogens with zero attached hydrogens (tertiary/aromatic N) is 6. The van der Waals surface area contributed by atoms with Crippen LogP contribution in [-0.2, 0) is 13.1 Å². The smallest absolute Gasteiger partial charge is 0.277 e. The molecule has 0 aliphatic carbocycles. The summed E-state index contributed by atoms with van der Waals surface area (Å²) in [6, 6.07) is 6.10. The van der Waals surface area contributed by atoms with Crippen molar-refractivity contribution >= 4 is 28.9 Å². The Morgan fingerprint density at radius 1 is 1.29 bits per heavy atom. The molecule has 10 heteroatoms. The lowest BCUT2D eigenvalue weighted by Crippen LogP contribution is -2.07. The number of thiophene rings is 1. The number of ketones is 1. The lowest BCUT2D eigenvalue weighted by molar-refractivity contribution is 0.102. The average Bonchev–Trinajstić information content (AvgIpc) is 3.47. The van der Waals surface area contributed by atoms with Gasteiger partial charge in [0.15, 0.2) is 5.78 Å². The predicted molar refractivity (Wildman–Crippen MR) is 106 cm³/mol. The molecular formula is C18H18N6O2S2. The maximum atomic E-state index is 12.7. The fraction of sp³-hybridized carbons (Fsp3) is 0.278. The number of rotatable bonds is 8.